The van der Waals surface area contributed by atoms with E-state index in [0.717, 1.165) is 62.7 Å². The molecule has 3 heterocycles. The van der Waals surface area contributed by atoms with Crippen LogP contribution in [0.25, 0.3) is 21.6 Å². The average Bonchev–Trinajstić information content (AvgIpc) is 3.40. The van der Waals surface area contributed by atoms with Gasteiger partial charge in [0.2, 0.25) is 11.8 Å². The molecule has 2 fully saturated rings. The van der Waals surface area contributed by atoms with Gasteiger partial charge in [0.25, 0.3) is 0 Å². The molecule has 2 aliphatic heterocycles. The van der Waals surface area contributed by atoms with E-state index in [4.69, 9.17) is 12.2 Å². The fourth-order valence-electron chi connectivity index (χ4n) is 6.01. The highest BCUT2D eigenvalue weighted by Gasteiger charge is 2.27. The second-order valence-electron chi connectivity index (χ2n) is 12.7. The quantitative estimate of drug-likeness (QED) is 0.222. The summed E-state index contributed by atoms with van der Waals surface area (Å²) >= 11 is 5.84. The normalized spacial score (nSPS) is 16.7. The van der Waals surface area contributed by atoms with Crippen LogP contribution in [0, 0.1) is 22.6 Å². The van der Waals surface area contributed by atoms with Crippen molar-refractivity contribution in [2.45, 2.75) is 47.7 Å². The van der Waals surface area contributed by atoms with Crippen molar-refractivity contribution in [2.75, 3.05) is 52.4 Å². The topological polar surface area (TPSA) is 67.3 Å². The largest absolute Gasteiger partial charge is 0.507 e. The molecule has 0 bridgehead atoms. The van der Waals surface area contributed by atoms with E-state index in [-0.39, 0.29) is 23.7 Å². The SMILES string of the molecule is Cc1ccc(-c2c(-c3cc(CN4CCN(C(=O)C(C)C)CC4)c(O)c(CN4CCN(C(=O)C(C)C)CC4)c3)ssc2=S)cc1. The summed E-state index contributed by atoms with van der Waals surface area (Å²) in [6, 6.07) is 12.8. The van der Waals surface area contributed by atoms with Gasteiger partial charge in [-0.2, -0.15) is 0 Å². The van der Waals surface area contributed by atoms with E-state index in [1.807, 2.05) is 37.5 Å². The first-order chi connectivity index (χ1) is 21.0. The van der Waals surface area contributed by atoms with Crippen molar-refractivity contribution >= 4 is 44.7 Å². The van der Waals surface area contributed by atoms with Gasteiger partial charge in [-0.1, -0.05) is 90.4 Å². The molecule has 0 atom stereocenters. The van der Waals surface area contributed by atoms with Crippen LogP contribution in [0.1, 0.15) is 44.4 Å². The zero-order chi connectivity index (χ0) is 31.5. The summed E-state index contributed by atoms with van der Waals surface area (Å²) in [5.74, 6) is 0.743. The summed E-state index contributed by atoms with van der Waals surface area (Å²) in [5, 5.41) is 11.7. The van der Waals surface area contributed by atoms with E-state index >= 15 is 0 Å². The number of amides is 2. The number of hydrogen-bond acceptors (Lipinski definition) is 8. The first kappa shape index (κ1) is 32.8. The predicted octanol–water partition coefficient (Wildman–Crippen LogP) is 6.49. The van der Waals surface area contributed by atoms with Crippen LogP contribution in [0.15, 0.2) is 36.4 Å². The summed E-state index contributed by atoms with van der Waals surface area (Å²) in [4.78, 5) is 34.8. The highest BCUT2D eigenvalue weighted by Crippen LogP contribution is 2.43. The molecule has 7 nitrogen and oxygen atoms in total. The maximum atomic E-state index is 12.5. The van der Waals surface area contributed by atoms with Crippen molar-refractivity contribution in [3.05, 3.63) is 56.9 Å². The number of hydrogen-bond donors (Lipinski definition) is 1. The van der Waals surface area contributed by atoms with Gasteiger partial charge in [0.05, 0.1) is 4.88 Å². The van der Waals surface area contributed by atoms with Crippen LogP contribution in [-0.2, 0) is 22.7 Å². The molecule has 44 heavy (non-hydrogen) atoms. The molecule has 1 aromatic heterocycles. The Morgan fingerprint density at radius 1 is 0.750 bits per heavy atom. The Bertz CT molecular complexity index is 1470. The van der Waals surface area contributed by atoms with Gasteiger partial charge < -0.3 is 14.9 Å². The number of benzene rings is 2. The lowest BCUT2D eigenvalue weighted by molar-refractivity contribution is -0.137. The Labute approximate surface area is 274 Å². The van der Waals surface area contributed by atoms with Crippen LogP contribution >= 0.6 is 32.9 Å². The number of aryl methyl sites for hydroxylation is 1. The van der Waals surface area contributed by atoms with Crippen molar-refractivity contribution in [1.29, 1.82) is 0 Å². The van der Waals surface area contributed by atoms with Gasteiger partial charge in [-0.3, -0.25) is 19.4 Å². The summed E-state index contributed by atoms with van der Waals surface area (Å²) in [5.41, 5.74) is 6.27. The third-order valence-electron chi connectivity index (χ3n) is 8.65. The lowest BCUT2D eigenvalue weighted by atomic mass is 9.97. The van der Waals surface area contributed by atoms with Crippen LogP contribution in [0.4, 0.5) is 0 Å². The van der Waals surface area contributed by atoms with Crippen LogP contribution in [0.3, 0.4) is 0 Å². The van der Waals surface area contributed by atoms with Crippen molar-refractivity contribution in [2.24, 2.45) is 11.8 Å². The number of carbonyl (C=O) groups is 2. The Kier molecular flexibility index (Phi) is 10.6. The second kappa shape index (κ2) is 14.2. The highest BCUT2D eigenvalue weighted by molar-refractivity contribution is 7.80. The highest BCUT2D eigenvalue weighted by atomic mass is 32.9. The molecule has 2 aromatic carbocycles. The van der Waals surface area contributed by atoms with Crippen molar-refractivity contribution in [3.63, 3.8) is 0 Å². The van der Waals surface area contributed by atoms with Crippen LogP contribution in [0.2, 0.25) is 0 Å². The van der Waals surface area contributed by atoms with Crippen LogP contribution in [-0.4, -0.2) is 88.9 Å². The Hall–Kier alpha value is -2.63. The first-order valence-electron chi connectivity index (χ1n) is 15.6. The van der Waals surface area contributed by atoms with Gasteiger partial charge in [0.1, 0.15) is 9.57 Å². The fraction of sp³-hybridized carbons (Fsp3) is 0.500. The Morgan fingerprint density at radius 2 is 1.20 bits per heavy atom. The molecular formula is C34H44N4O3S3. The summed E-state index contributed by atoms with van der Waals surface area (Å²) in [7, 11) is 3.32. The summed E-state index contributed by atoms with van der Waals surface area (Å²) in [6.07, 6.45) is 0. The van der Waals surface area contributed by atoms with Crippen LogP contribution in [0.5, 0.6) is 5.75 Å². The monoisotopic (exact) mass is 652 g/mol. The van der Waals surface area contributed by atoms with Gasteiger partial charge in [0, 0.05) is 94.0 Å². The van der Waals surface area contributed by atoms with Gasteiger partial charge in [0.15, 0.2) is 0 Å². The minimum Gasteiger partial charge on any atom is -0.507 e. The number of carbonyl (C=O) groups excluding carboxylic acids is 2. The molecule has 3 aromatic rings. The number of rotatable bonds is 8. The molecule has 0 aliphatic carbocycles. The molecule has 0 saturated carbocycles. The molecule has 2 saturated heterocycles. The molecule has 2 amide bonds. The maximum Gasteiger partial charge on any atom is 0.225 e. The third-order valence-corrected chi connectivity index (χ3v) is 11.7. The van der Waals surface area contributed by atoms with E-state index in [0.29, 0.717) is 45.0 Å². The van der Waals surface area contributed by atoms with Crippen LogP contribution < -0.4 is 0 Å². The molecule has 236 valence electrons. The van der Waals surface area contributed by atoms with E-state index in [2.05, 4.69) is 53.1 Å². The second-order valence-corrected chi connectivity index (χ2v) is 15.5. The Balaban J connectivity index is 1.44. The van der Waals surface area contributed by atoms with Crippen molar-refractivity contribution < 1.29 is 14.7 Å². The summed E-state index contributed by atoms with van der Waals surface area (Å²) < 4.78 is 0.877. The molecular weight excluding hydrogens is 609 g/mol. The van der Waals surface area contributed by atoms with Gasteiger partial charge in [-0.05, 0) is 30.2 Å². The minimum absolute atomic E-state index is 0.000876. The van der Waals surface area contributed by atoms with Gasteiger partial charge in [-0.25, -0.2) is 0 Å². The summed E-state index contributed by atoms with van der Waals surface area (Å²) in [6.45, 7) is 17.0. The zero-order valence-corrected chi connectivity index (χ0v) is 28.9. The molecule has 0 unspecified atom stereocenters. The first-order valence-corrected chi connectivity index (χ1v) is 18.1. The maximum absolute atomic E-state index is 12.5. The van der Waals surface area contributed by atoms with E-state index in [9.17, 15) is 14.7 Å². The number of aromatic hydroxyl groups is 1. The van der Waals surface area contributed by atoms with E-state index < -0.39 is 0 Å². The molecule has 1 N–H and O–H groups in total. The molecule has 2 aliphatic rings. The smallest absolute Gasteiger partial charge is 0.225 e. The third kappa shape index (κ3) is 7.42. The molecule has 0 spiro atoms. The zero-order valence-electron chi connectivity index (χ0n) is 26.5. The number of piperazine rings is 2. The lowest BCUT2D eigenvalue weighted by Crippen LogP contribution is -2.49. The fourth-order valence-corrected chi connectivity index (χ4v) is 8.91. The average molecular weight is 653 g/mol. The van der Waals surface area contributed by atoms with E-state index in [1.165, 1.54) is 5.56 Å². The molecule has 5 rings (SSSR count). The molecule has 0 radical (unpaired) electrons. The minimum atomic E-state index is -0.000876. The Morgan fingerprint density at radius 3 is 1.64 bits per heavy atom. The van der Waals surface area contributed by atoms with Crippen molar-refractivity contribution in [3.8, 4) is 27.3 Å². The predicted molar refractivity (Wildman–Crippen MR) is 184 cm³/mol. The number of phenols is 1. The van der Waals surface area contributed by atoms with Crippen molar-refractivity contribution in [1.82, 2.24) is 19.6 Å². The lowest BCUT2D eigenvalue weighted by Gasteiger charge is -2.36. The van der Waals surface area contributed by atoms with Gasteiger partial charge >= 0.3 is 0 Å². The van der Waals surface area contributed by atoms with E-state index in [1.54, 1.807) is 20.7 Å². The standard InChI is InChI=1S/C34H44N4O3S3/c1-22(2)32(40)37-14-10-35(11-15-37)20-27-18-26(31-29(34(42)44-43-31)25-8-6-24(5)7-9-25)19-28(30(27)39)21-36-12-16-38(17-13-36)33(41)23(3)4/h6-9,18-19,22-23,39H,10-17,20-21H2,1-5H3. The number of phenolic OH excluding ortho intramolecular Hbond substituents is 1. The van der Waals surface area contributed by atoms with Gasteiger partial charge in [-0.15, -0.1) is 0 Å². The number of nitrogens with zero attached hydrogens (tertiary/aromatic N) is 4. The molecule has 10 heteroatoms.